The number of esters is 1. The van der Waals surface area contributed by atoms with Gasteiger partial charge in [-0.25, -0.2) is 4.79 Å². The van der Waals surface area contributed by atoms with E-state index >= 15 is 0 Å². The summed E-state index contributed by atoms with van der Waals surface area (Å²) in [6.45, 7) is 2.78. The fourth-order valence-corrected chi connectivity index (χ4v) is 4.15. The highest BCUT2D eigenvalue weighted by Gasteiger charge is 2.32. The molecule has 0 amide bonds. The maximum absolute atomic E-state index is 12.7. The summed E-state index contributed by atoms with van der Waals surface area (Å²) in [4.78, 5) is 28.4. The van der Waals surface area contributed by atoms with E-state index in [2.05, 4.69) is 4.98 Å². The van der Waals surface area contributed by atoms with Crippen molar-refractivity contribution in [2.24, 2.45) is 0 Å². The van der Waals surface area contributed by atoms with Crippen molar-refractivity contribution in [2.75, 3.05) is 13.2 Å². The number of hydrogen-bond donors (Lipinski definition) is 1. The molecule has 2 unspecified atom stereocenters. The summed E-state index contributed by atoms with van der Waals surface area (Å²) in [7, 11) is 0. The van der Waals surface area contributed by atoms with Gasteiger partial charge in [0.25, 0.3) is 0 Å². The Morgan fingerprint density at radius 2 is 2.07 bits per heavy atom. The van der Waals surface area contributed by atoms with Crippen LogP contribution in [0.3, 0.4) is 0 Å². The number of benzene rings is 1. The second kappa shape index (κ2) is 7.49. The van der Waals surface area contributed by atoms with E-state index in [1.54, 1.807) is 6.92 Å². The summed E-state index contributed by atoms with van der Waals surface area (Å²) in [6.07, 6.45) is 3.00. The minimum absolute atomic E-state index is 0.0187. The largest absolute Gasteiger partial charge is 0.458 e. The SMILES string of the molecule is Cc1c(C(=O)OCC2CCCO2)[nH]c2c1C(=O)CC(c1ccc(Cl)cc1)C2. The molecule has 2 atom stereocenters. The van der Waals surface area contributed by atoms with Crippen LogP contribution in [0, 0.1) is 6.92 Å². The second-order valence-electron chi connectivity index (χ2n) is 7.29. The van der Waals surface area contributed by atoms with Gasteiger partial charge < -0.3 is 14.5 Å². The molecule has 0 saturated carbocycles. The van der Waals surface area contributed by atoms with E-state index in [0.29, 0.717) is 34.7 Å². The molecule has 0 spiro atoms. The van der Waals surface area contributed by atoms with Crippen molar-refractivity contribution in [1.29, 1.82) is 0 Å². The van der Waals surface area contributed by atoms with E-state index < -0.39 is 5.97 Å². The Labute approximate surface area is 163 Å². The predicted molar refractivity (Wildman–Crippen MR) is 102 cm³/mol. The molecule has 1 aliphatic heterocycles. The van der Waals surface area contributed by atoms with Gasteiger partial charge in [0, 0.05) is 29.3 Å². The first-order valence-electron chi connectivity index (χ1n) is 9.31. The molecule has 1 aromatic carbocycles. The van der Waals surface area contributed by atoms with Gasteiger partial charge in [-0.15, -0.1) is 0 Å². The van der Waals surface area contributed by atoms with E-state index in [1.807, 2.05) is 24.3 Å². The zero-order chi connectivity index (χ0) is 19.0. The zero-order valence-corrected chi connectivity index (χ0v) is 16.0. The first-order valence-corrected chi connectivity index (χ1v) is 9.69. The molecule has 1 aliphatic carbocycles. The fraction of sp³-hybridized carbons (Fsp3) is 0.429. The molecule has 1 N–H and O–H groups in total. The number of Topliss-reactive ketones (excluding diaryl/α,β-unsaturated/α-hetero) is 1. The normalized spacial score (nSPS) is 21.9. The summed E-state index contributed by atoms with van der Waals surface area (Å²) in [6, 6.07) is 7.59. The highest BCUT2D eigenvalue weighted by Crippen LogP contribution is 2.35. The molecule has 4 rings (SSSR count). The van der Waals surface area contributed by atoms with Crippen molar-refractivity contribution < 1.29 is 19.1 Å². The second-order valence-corrected chi connectivity index (χ2v) is 7.73. The quantitative estimate of drug-likeness (QED) is 0.797. The third-order valence-electron chi connectivity index (χ3n) is 5.46. The minimum atomic E-state index is -0.423. The van der Waals surface area contributed by atoms with Crippen molar-refractivity contribution in [3.8, 4) is 0 Å². The lowest BCUT2D eigenvalue weighted by atomic mass is 9.81. The molecule has 0 bridgehead atoms. The summed E-state index contributed by atoms with van der Waals surface area (Å²) >= 11 is 5.96. The Morgan fingerprint density at radius 3 is 2.78 bits per heavy atom. The number of ether oxygens (including phenoxy) is 2. The molecule has 0 radical (unpaired) electrons. The molecule has 2 aromatic rings. The Kier molecular flexibility index (Phi) is 5.06. The smallest absolute Gasteiger partial charge is 0.355 e. The Hall–Kier alpha value is -2.11. The molecule has 6 heteroatoms. The van der Waals surface area contributed by atoms with Crippen LogP contribution in [0.1, 0.15) is 62.8 Å². The summed E-state index contributed by atoms with van der Waals surface area (Å²) in [5.41, 5.74) is 3.59. The Balaban J connectivity index is 1.52. The number of fused-ring (bicyclic) bond motifs is 1. The number of rotatable bonds is 4. The number of hydrogen-bond acceptors (Lipinski definition) is 4. The van der Waals surface area contributed by atoms with Crippen LogP contribution in [0.5, 0.6) is 0 Å². The van der Waals surface area contributed by atoms with Crippen LogP contribution >= 0.6 is 11.6 Å². The van der Waals surface area contributed by atoms with Crippen LogP contribution in [0.2, 0.25) is 5.02 Å². The lowest BCUT2D eigenvalue weighted by Crippen LogP contribution is -2.18. The Bertz CT molecular complexity index is 865. The third-order valence-corrected chi connectivity index (χ3v) is 5.71. The van der Waals surface area contributed by atoms with E-state index in [9.17, 15) is 9.59 Å². The molecule has 2 heterocycles. The van der Waals surface area contributed by atoms with Crippen molar-refractivity contribution in [3.05, 3.63) is 57.4 Å². The predicted octanol–water partition coefficient (Wildman–Crippen LogP) is 4.23. The number of ketones is 1. The Morgan fingerprint density at radius 1 is 1.30 bits per heavy atom. The molecule has 2 aliphatic rings. The van der Waals surface area contributed by atoms with Gasteiger partial charge in [-0.05, 0) is 55.4 Å². The number of aromatic nitrogens is 1. The molecular weight excluding hydrogens is 366 g/mol. The van der Waals surface area contributed by atoms with Crippen molar-refractivity contribution >= 4 is 23.4 Å². The van der Waals surface area contributed by atoms with Crippen LogP contribution in [0.4, 0.5) is 0 Å². The first kappa shape index (κ1) is 18.3. The molecule has 5 nitrogen and oxygen atoms in total. The molecule has 1 saturated heterocycles. The van der Waals surface area contributed by atoms with Gasteiger partial charge in [0.1, 0.15) is 12.3 Å². The molecule has 1 fully saturated rings. The number of carbonyl (C=O) groups excluding carboxylic acids is 2. The van der Waals surface area contributed by atoms with Gasteiger partial charge in [-0.2, -0.15) is 0 Å². The average Bonchev–Trinajstić information content (AvgIpc) is 3.28. The highest BCUT2D eigenvalue weighted by atomic mass is 35.5. The van der Waals surface area contributed by atoms with Crippen molar-refractivity contribution in [1.82, 2.24) is 4.98 Å². The summed E-state index contributed by atoms with van der Waals surface area (Å²) in [5, 5.41) is 0.675. The monoisotopic (exact) mass is 387 g/mol. The summed E-state index contributed by atoms with van der Waals surface area (Å²) in [5.74, 6) is -0.285. The third kappa shape index (κ3) is 3.66. The highest BCUT2D eigenvalue weighted by molar-refractivity contribution is 6.30. The average molecular weight is 388 g/mol. The summed E-state index contributed by atoms with van der Waals surface area (Å²) < 4.78 is 10.9. The van der Waals surface area contributed by atoms with Crippen molar-refractivity contribution in [3.63, 3.8) is 0 Å². The van der Waals surface area contributed by atoms with Crippen LogP contribution in [-0.4, -0.2) is 36.1 Å². The molecule has 142 valence electrons. The van der Waals surface area contributed by atoms with E-state index in [-0.39, 0.29) is 24.4 Å². The topological polar surface area (TPSA) is 68.4 Å². The lowest BCUT2D eigenvalue weighted by molar-refractivity contribution is 0.0156. The van der Waals surface area contributed by atoms with Gasteiger partial charge in [-0.3, -0.25) is 4.79 Å². The van der Waals surface area contributed by atoms with Crippen LogP contribution < -0.4 is 0 Å². The van der Waals surface area contributed by atoms with Gasteiger partial charge in [0.15, 0.2) is 5.78 Å². The zero-order valence-electron chi connectivity index (χ0n) is 15.2. The van der Waals surface area contributed by atoms with Crippen LogP contribution in [0.15, 0.2) is 24.3 Å². The van der Waals surface area contributed by atoms with E-state index in [4.69, 9.17) is 21.1 Å². The lowest BCUT2D eigenvalue weighted by Gasteiger charge is -2.22. The number of aromatic amines is 1. The maximum Gasteiger partial charge on any atom is 0.355 e. The van der Waals surface area contributed by atoms with Gasteiger partial charge in [0.2, 0.25) is 0 Å². The van der Waals surface area contributed by atoms with Crippen molar-refractivity contribution in [2.45, 2.75) is 44.6 Å². The number of H-pyrrole nitrogens is 1. The minimum Gasteiger partial charge on any atom is -0.458 e. The van der Waals surface area contributed by atoms with Gasteiger partial charge in [0.05, 0.1) is 6.10 Å². The molecule has 27 heavy (non-hydrogen) atoms. The van der Waals surface area contributed by atoms with Crippen LogP contribution in [-0.2, 0) is 15.9 Å². The van der Waals surface area contributed by atoms with E-state index in [1.165, 1.54) is 0 Å². The first-order chi connectivity index (χ1) is 13.0. The number of halogens is 1. The molecule has 1 aromatic heterocycles. The number of carbonyl (C=O) groups is 2. The van der Waals surface area contributed by atoms with Gasteiger partial charge in [-0.1, -0.05) is 23.7 Å². The maximum atomic E-state index is 12.7. The standard InChI is InChI=1S/C21H22ClNO4/c1-12-19-17(23-20(12)21(25)27-11-16-3-2-8-26-16)9-14(10-18(19)24)13-4-6-15(22)7-5-13/h4-7,14,16,23H,2-3,8-11H2,1H3. The fourth-order valence-electron chi connectivity index (χ4n) is 4.02. The van der Waals surface area contributed by atoms with Gasteiger partial charge >= 0.3 is 5.97 Å². The van der Waals surface area contributed by atoms with E-state index in [0.717, 1.165) is 30.7 Å². The number of nitrogens with one attached hydrogen (secondary N) is 1. The molecular formula is C21H22ClNO4. The van der Waals surface area contributed by atoms with Crippen LogP contribution in [0.25, 0.3) is 0 Å².